The summed E-state index contributed by atoms with van der Waals surface area (Å²) in [6.07, 6.45) is 2.59. The molecule has 0 N–H and O–H groups in total. The molecule has 0 amide bonds. The van der Waals surface area contributed by atoms with Gasteiger partial charge in [0.05, 0.1) is 0 Å². The molecule has 0 rings (SSSR count). The summed E-state index contributed by atoms with van der Waals surface area (Å²) in [6.45, 7) is 21.2. The normalized spacial score (nSPS) is 15.0. The Morgan fingerprint density at radius 3 is 1.88 bits per heavy atom. The second-order valence-corrected chi connectivity index (χ2v) is 7.09. The van der Waals surface area contributed by atoms with Crippen LogP contribution in [0, 0.1) is 17.3 Å². The van der Waals surface area contributed by atoms with Crippen LogP contribution in [0.25, 0.3) is 0 Å². The molecule has 1 unspecified atom stereocenters. The summed E-state index contributed by atoms with van der Waals surface area (Å²) >= 11 is 0. The van der Waals surface area contributed by atoms with Crippen molar-refractivity contribution in [1.82, 2.24) is 4.90 Å². The molecule has 1 atom stereocenters. The van der Waals surface area contributed by atoms with Crippen molar-refractivity contribution in [2.75, 3.05) is 13.1 Å². The molecular formula is C16H35N. The SMILES string of the molecule is CCC(C)(C)CN(CCC(C)C(C)C)C(C)C. The summed E-state index contributed by atoms with van der Waals surface area (Å²) in [5.74, 6) is 1.64. The average Bonchev–Trinajstić information content (AvgIpc) is 2.23. The van der Waals surface area contributed by atoms with Gasteiger partial charge in [0, 0.05) is 12.6 Å². The fourth-order valence-electron chi connectivity index (χ4n) is 1.88. The second-order valence-electron chi connectivity index (χ2n) is 7.09. The minimum atomic E-state index is 0.450. The Kier molecular flexibility index (Phi) is 7.39. The summed E-state index contributed by atoms with van der Waals surface area (Å²) in [6, 6.07) is 0.667. The molecule has 17 heavy (non-hydrogen) atoms. The third-order valence-corrected chi connectivity index (χ3v) is 4.33. The van der Waals surface area contributed by atoms with Crippen LogP contribution in [-0.4, -0.2) is 24.0 Å². The van der Waals surface area contributed by atoms with Crippen LogP contribution in [0.15, 0.2) is 0 Å². The zero-order valence-corrected chi connectivity index (χ0v) is 13.5. The Balaban J connectivity index is 4.26. The lowest BCUT2D eigenvalue weighted by Crippen LogP contribution is -2.40. The molecule has 0 aliphatic rings. The molecule has 0 bridgehead atoms. The van der Waals surface area contributed by atoms with Gasteiger partial charge in [0.1, 0.15) is 0 Å². The Hall–Kier alpha value is -0.0400. The molecule has 1 nitrogen and oxygen atoms in total. The van der Waals surface area contributed by atoms with Crippen LogP contribution in [0.5, 0.6) is 0 Å². The van der Waals surface area contributed by atoms with E-state index in [0.29, 0.717) is 11.5 Å². The zero-order chi connectivity index (χ0) is 13.6. The van der Waals surface area contributed by atoms with E-state index in [1.807, 2.05) is 0 Å². The molecule has 0 radical (unpaired) electrons. The quantitative estimate of drug-likeness (QED) is 0.589. The van der Waals surface area contributed by atoms with E-state index in [2.05, 4.69) is 60.3 Å². The summed E-state index contributed by atoms with van der Waals surface area (Å²) < 4.78 is 0. The first-order valence-electron chi connectivity index (χ1n) is 7.43. The third-order valence-electron chi connectivity index (χ3n) is 4.33. The number of hydrogen-bond acceptors (Lipinski definition) is 1. The van der Waals surface area contributed by atoms with E-state index >= 15 is 0 Å². The summed E-state index contributed by atoms with van der Waals surface area (Å²) in [4.78, 5) is 2.66. The average molecular weight is 241 g/mol. The van der Waals surface area contributed by atoms with Gasteiger partial charge in [-0.05, 0) is 50.5 Å². The lowest BCUT2D eigenvalue weighted by Gasteiger charge is -2.35. The first-order chi connectivity index (χ1) is 7.69. The Bertz CT molecular complexity index is 194. The number of hydrogen-bond donors (Lipinski definition) is 0. The van der Waals surface area contributed by atoms with Crippen LogP contribution in [0.4, 0.5) is 0 Å². The Morgan fingerprint density at radius 2 is 1.53 bits per heavy atom. The van der Waals surface area contributed by atoms with Crippen LogP contribution < -0.4 is 0 Å². The molecule has 0 aromatic carbocycles. The van der Waals surface area contributed by atoms with E-state index in [1.54, 1.807) is 0 Å². The third kappa shape index (κ3) is 7.08. The van der Waals surface area contributed by atoms with Crippen molar-refractivity contribution < 1.29 is 0 Å². The van der Waals surface area contributed by atoms with Gasteiger partial charge in [-0.25, -0.2) is 0 Å². The highest BCUT2D eigenvalue weighted by molar-refractivity contribution is 4.75. The van der Waals surface area contributed by atoms with Crippen molar-refractivity contribution in [3.8, 4) is 0 Å². The van der Waals surface area contributed by atoms with Gasteiger partial charge in [-0.1, -0.05) is 41.5 Å². The molecule has 1 heteroatoms. The second kappa shape index (κ2) is 7.41. The molecule has 104 valence electrons. The van der Waals surface area contributed by atoms with E-state index in [4.69, 9.17) is 0 Å². The van der Waals surface area contributed by atoms with Crippen molar-refractivity contribution in [2.45, 2.75) is 74.3 Å². The standard InChI is InChI=1S/C16H35N/c1-9-16(7,8)12-17(14(4)5)11-10-15(6)13(2)3/h13-15H,9-12H2,1-8H3. The summed E-state index contributed by atoms with van der Waals surface area (Å²) in [7, 11) is 0. The Labute approximate surface area is 110 Å². The van der Waals surface area contributed by atoms with Crippen LogP contribution >= 0.6 is 0 Å². The summed E-state index contributed by atoms with van der Waals surface area (Å²) in [5, 5.41) is 0. The highest BCUT2D eigenvalue weighted by Gasteiger charge is 2.22. The van der Waals surface area contributed by atoms with Crippen LogP contribution in [0.3, 0.4) is 0 Å². The van der Waals surface area contributed by atoms with Gasteiger partial charge in [-0.3, -0.25) is 0 Å². The highest BCUT2D eigenvalue weighted by Crippen LogP contribution is 2.23. The van der Waals surface area contributed by atoms with E-state index in [0.717, 1.165) is 11.8 Å². The maximum absolute atomic E-state index is 2.66. The molecule has 0 aliphatic carbocycles. The first-order valence-corrected chi connectivity index (χ1v) is 7.43. The Morgan fingerprint density at radius 1 is 1.00 bits per heavy atom. The first kappa shape index (κ1) is 17.0. The molecule has 0 aromatic heterocycles. The van der Waals surface area contributed by atoms with Gasteiger partial charge in [-0.2, -0.15) is 0 Å². The van der Waals surface area contributed by atoms with Crippen LogP contribution in [-0.2, 0) is 0 Å². The van der Waals surface area contributed by atoms with Gasteiger partial charge in [-0.15, -0.1) is 0 Å². The molecule has 0 heterocycles. The van der Waals surface area contributed by atoms with E-state index < -0.39 is 0 Å². The molecule has 0 saturated heterocycles. The number of nitrogens with zero attached hydrogens (tertiary/aromatic N) is 1. The molecule has 0 spiro atoms. The largest absolute Gasteiger partial charge is 0.300 e. The van der Waals surface area contributed by atoms with Gasteiger partial charge >= 0.3 is 0 Å². The van der Waals surface area contributed by atoms with Crippen LogP contribution in [0.1, 0.15) is 68.2 Å². The fraction of sp³-hybridized carbons (Fsp3) is 1.00. The number of rotatable bonds is 8. The predicted octanol–water partition coefficient (Wildman–Crippen LogP) is 4.82. The topological polar surface area (TPSA) is 3.24 Å². The van der Waals surface area contributed by atoms with E-state index in [-0.39, 0.29) is 0 Å². The van der Waals surface area contributed by atoms with Gasteiger partial charge < -0.3 is 4.90 Å². The lowest BCUT2D eigenvalue weighted by atomic mass is 9.88. The zero-order valence-electron chi connectivity index (χ0n) is 13.5. The molecule has 0 saturated carbocycles. The van der Waals surface area contributed by atoms with Gasteiger partial charge in [0.25, 0.3) is 0 Å². The molecule has 0 aromatic rings. The minimum Gasteiger partial charge on any atom is -0.300 e. The van der Waals surface area contributed by atoms with Crippen molar-refractivity contribution >= 4 is 0 Å². The lowest BCUT2D eigenvalue weighted by molar-refractivity contribution is 0.130. The van der Waals surface area contributed by atoms with Crippen molar-refractivity contribution in [1.29, 1.82) is 0 Å². The maximum atomic E-state index is 2.66. The minimum absolute atomic E-state index is 0.450. The maximum Gasteiger partial charge on any atom is 0.00388 e. The highest BCUT2D eigenvalue weighted by atomic mass is 15.1. The smallest absolute Gasteiger partial charge is 0.00388 e. The van der Waals surface area contributed by atoms with Crippen LogP contribution in [0.2, 0.25) is 0 Å². The van der Waals surface area contributed by atoms with Crippen molar-refractivity contribution in [3.63, 3.8) is 0 Å². The van der Waals surface area contributed by atoms with Gasteiger partial charge in [0.15, 0.2) is 0 Å². The molecule has 0 aliphatic heterocycles. The van der Waals surface area contributed by atoms with Gasteiger partial charge in [0.2, 0.25) is 0 Å². The van der Waals surface area contributed by atoms with Crippen molar-refractivity contribution in [2.24, 2.45) is 17.3 Å². The summed E-state index contributed by atoms with van der Waals surface area (Å²) in [5.41, 5.74) is 0.450. The van der Waals surface area contributed by atoms with E-state index in [9.17, 15) is 0 Å². The monoisotopic (exact) mass is 241 g/mol. The molecular weight excluding hydrogens is 206 g/mol. The molecule has 0 fully saturated rings. The van der Waals surface area contributed by atoms with E-state index in [1.165, 1.54) is 25.9 Å². The van der Waals surface area contributed by atoms with Crippen molar-refractivity contribution in [3.05, 3.63) is 0 Å². The fourth-order valence-corrected chi connectivity index (χ4v) is 1.88. The predicted molar refractivity (Wildman–Crippen MR) is 79.4 cm³/mol.